The van der Waals surface area contributed by atoms with E-state index in [-0.39, 0.29) is 41.5 Å². The molecule has 0 bridgehead atoms. The molecule has 10 nitrogen and oxygen atoms in total. The summed E-state index contributed by atoms with van der Waals surface area (Å²) in [5, 5.41) is 17.5. The number of carbonyl (C=O) groups is 2. The van der Waals surface area contributed by atoms with Gasteiger partial charge in [-0.05, 0) is 26.2 Å². The molecule has 0 aromatic rings. The number of thiol groups is 1. The third kappa shape index (κ3) is 4.10. The first-order chi connectivity index (χ1) is 13.3. The quantitative estimate of drug-likeness (QED) is 0.265. The number of nitrogens with one attached hydrogen (secondary N) is 2. The van der Waals surface area contributed by atoms with E-state index < -0.39 is 43.2 Å². The minimum atomic E-state index is -3.78. The normalized spacial score (nSPS) is 40.8. The van der Waals surface area contributed by atoms with Crippen LogP contribution in [0.5, 0.6) is 0 Å². The van der Waals surface area contributed by atoms with Gasteiger partial charge in [-0.2, -0.15) is 18.7 Å². The van der Waals surface area contributed by atoms with Gasteiger partial charge in [-0.25, -0.2) is 14.7 Å². The summed E-state index contributed by atoms with van der Waals surface area (Å²) in [5.74, 6) is -2.22. The average Bonchev–Trinajstić information content (AvgIpc) is 3.16. The second kappa shape index (κ2) is 7.68. The van der Waals surface area contributed by atoms with Gasteiger partial charge in [-0.15, -0.1) is 5.69 Å². The van der Waals surface area contributed by atoms with E-state index in [1.807, 2.05) is 6.92 Å². The summed E-state index contributed by atoms with van der Waals surface area (Å²) in [4.78, 5) is 28.5. The molecule has 3 aliphatic rings. The maximum Gasteiger partial charge on any atom is 0.350 e. The Hall–Kier alpha value is -1.43. The van der Waals surface area contributed by atoms with Crippen molar-refractivity contribution in [3.05, 3.63) is 0 Å². The van der Waals surface area contributed by atoms with Crippen molar-refractivity contribution in [1.29, 1.82) is 0 Å². The third-order valence-corrected chi connectivity index (χ3v) is 9.52. The Morgan fingerprint density at radius 1 is 1.52 bits per heavy atom. The number of carbonyl (C=O) groups excluding carboxylic acids is 1. The summed E-state index contributed by atoms with van der Waals surface area (Å²) >= 11 is 0. The van der Waals surface area contributed by atoms with E-state index in [1.165, 1.54) is 0 Å². The average molecular weight is 449 g/mol. The fourth-order valence-electron chi connectivity index (χ4n) is 4.69. The predicted octanol–water partition coefficient (Wildman–Crippen LogP) is -1.04. The summed E-state index contributed by atoms with van der Waals surface area (Å²) in [6.45, 7) is 6.17. The first kappa shape index (κ1) is 22.3. The van der Waals surface area contributed by atoms with Gasteiger partial charge in [0, 0.05) is 29.6 Å². The Balaban J connectivity index is 1.77. The number of nitrogens with zero attached hydrogens (tertiary/aromatic N) is 1. The monoisotopic (exact) mass is 448 g/mol. The molecule has 0 aromatic heterocycles. The van der Waals surface area contributed by atoms with Gasteiger partial charge < -0.3 is 15.2 Å². The zero-order valence-electron chi connectivity index (χ0n) is 16.5. The molecule has 3 aliphatic heterocycles. The summed E-state index contributed by atoms with van der Waals surface area (Å²) < 4.78 is 29.5. The van der Waals surface area contributed by atoms with Gasteiger partial charge in [-0.1, -0.05) is 6.92 Å². The highest BCUT2D eigenvalue weighted by atomic mass is 32.2. The molecule has 0 radical (unpaired) electrons. The number of nitrogens with two attached hydrogens (primary N) is 1. The number of ether oxygens (including phenoxy) is 1. The smallest absolute Gasteiger partial charge is 0.350 e. The van der Waals surface area contributed by atoms with Crippen LogP contribution < -0.4 is 15.2 Å². The second-order valence-corrected chi connectivity index (χ2v) is 11.8. The number of esters is 1. The highest BCUT2D eigenvalue weighted by molar-refractivity contribution is 8.08. The van der Waals surface area contributed by atoms with Gasteiger partial charge in [0.05, 0.1) is 5.54 Å². The van der Waals surface area contributed by atoms with Gasteiger partial charge in [0.15, 0.2) is 0 Å². The largest absolute Gasteiger partial charge is 0.477 e. The number of cyclic esters (lactones) is 1. The molecule has 29 heavy (non-hydrogen) atoms. The fourth-order valence-corrected chi connectivity index (χ4v) is 7.66. The minimum Gasteiger partial charge on any atom is -0.477 e. The van der Waals surface area contributed by atoms with Crippen molar-refractivity contribution in [2.75, 3.05) is 13.1 Å². The second-order valence-electron chi connectivity index (χ2n) is 8.22. The van der Waals surface area contributed by atoms with E-state index in [4.69, 9.17) is 15.6 Å². The van der Waals surface area contributed by atoms with E-state index in [9.17, 15) is 23.1 Å². The zero-order valence-corrected chi connectivity index (χ0v) is 18.2. The zero-order chi connectivity index (χ0) is 21.7. The van der Waals surface area contributed by atoms with Crippen molar-refractivity contribution >= 4 is 38.2 Å². The molecule has 8 atom stereocenters. The van der Waals surface area contributed by atoms with Gasteiger partial charge in [0.25, 0.3) is 10.2 Å². The molecular weight excluding hydrogens is 420 g/mol. The fraction of sp³-hybridized carbons (Fsp3) is 0.765. The van der Waals surface area contributed by atoms with Crippen molar-refractivity contribution < 1.29 is 27.9 Å². The summed E-state index contributed by atoms with van der Waals surface area (Å²) in [6.07, 6.45) is 0.276. The highest BCUT2D eigenvalue weighted by Crippen LogP contribution is 2.50. The third-order valence-electron chi connectivity index (χ3n) is 6.38. The maximum absolute atomic E-state index is 12.0. The van der Waals surface area contributed by atoms with Crippen molar-refractivity contribution in [3.8, 4) is 5.69 Å². The van der Waals surface area contributed by atoms with Gasteiger partial charge in [0.2, 0.25) is 0 Å². The number of aliphatic imine (C=N–C) groups is 1. The SMILES string of the molecule is C#[SH](C1C(C(=O)O)=N[C@@](C)([C@@H]2C(=O)O[C@@H]2C)[C@H]1C)[C@@H]1CN[C@H](CNS(N)(=O)=O)C1. The lowest BCUT2D eigenvalue weighted by Gasteiger charge is -2.44. The van der Waals surface area contributed by atoms with E-state index in [0.717, 1.165) is 0 Å². The molecule has 3 rings (SSSR count). The lowest BCUT2D eigenvalue weighted by molar-refractivity contribution is -0.189. The van der Waals surface area contributed by atoms with Crippen LogP contribution in [0.1, 0.15) is 27.2 Å². The van der Waals surface area contributed by atoms with Crippen LogP contribution in [0.3, 0.4) is 0 Å². The van der Waals surface area contributed by atoms with Crippen LogP contribution in [0.2, 0.25) is 0 Å². The molecule has 3 heterocycles. The van der Waals surface area contributed by atoms with Crippen molar-refractivity contribution in [2.24, 2.45) is 22.0 Å². The Labute approximate surface area is 172 Å². The molecule has 12 heteroatoms. The molecule has 2 saturated heterocycles. The van der Waals surface area contributed by atoms with Crippen LogP contribution in [-0.4, -0.2) is 72.4 Å². The van der Waals surface area contributed by atoms with Gasteiger partial charge in [-0.3, -0.25) is 9.79 Å². The van der Waals surface area contributed by atoms with Crippen LogP contribution in [0, 0.1) is 17.5 Å². The van der Waals surface area contributed by atoms with E-state index in [1.54, 1.807) is 13.8 Å². The van der Waals surface area contributed by atoms with Gasteiger partial charge >= 0.3 is 11.9 Å². The Kier molecular flexibility index (Phi) is 5.89. The number of carboxylic acids is 1. The molecule has 0 aliphatic carbocycles. The van der Waals surface area contributed by atoms with E-state index in [0.29, 0.717) is 13.0 Å². The molecule has 0 spiro atoms. The minimum absolute atomic E-state index is 0.0117. The van der Waals surface area contributed by atoms with Crippen LogP contribution in [0.25, 0.3) is 0 Å². The number of hydrogen-bond acceptors (Lipinski definition) is 7. The van der Waals surface area contributed by atoms with E-state index in [2.05, 4.69) is 15.0 Å². The molecule has 0 saturated carbocycles. The maximum atomic E-state index is 12.0. The standard InChI is InChI=1S/C17H28N4O6S2/c1-8-14(28(4)11-5-10(19-7-11)6-20-29(18,25)26)13(15(22)23)21-17(8,3)12-9(2)27-16(12)24/h4,8-12,14,19-20,28H,5-7H2,1-3H3,(H,22,23)(H2,18,25,26)/t8-,9+,10-,11-,12-,14?,17+/m0/s1. The van der Waals surface area contributed by atoms with Gasteiger partial charge in [0.1, 0.15) is 17.7 Å². The van der Waals surface area contributed by atoms with Crippen molar-refractivity contribution in [1.82, 2.24) is 10.0 Å². The summed E-state index contributed by atoms with van der Waals surface area (Å²) in [6, 6.07) is -0.137. The number of hydrogen-bond donors (Lipinski definition) is 5. The molecule has 0 amide bonds. The van der Waals surface area contributed by atoms with Crippen LogP contribution >= 0.6 is 10.3 Å². The topological polar surface area (TPSA) is 160 Å². The summed E-state index contributed by atoms with van der Waals surface area (Å²) in [5.41, 5.74) is 5.74. The number of carboxylic acid groups (broad SMARTS) is 1. The molecular formula is C17H28N4O6S2. The molecule has 2 unspecified atom stereocenters. The Morgan fingerprint density at radius 2 is 2.17 bits per heavy atom. The number of aliphatic carboxylic acids is 1. The van der Waals surface area contributed by atoms with Crippen LogP contribution in [0.15, 0.2) is 4.99 Å². The summed E-state index contributed by atoms with van der Waals surface area (Å²) in [7, 11) is -5.07. The van der Waals surface area contributed by atoms with Crippen molar-refractivity contribution in [2.45, 2.75) is 55.4 Å². The highest BCUT2D eigenvalue weighted by Gasteiger charge is 2.60. The molecule has 5 N–H and O–H groups in total. The first-order valence-corrected chi connectivity index (χ1v) is 12.5. The van der Waals surface area contributed by atoms with Crippen LogP contribution in [-0.2, 0) is 24.5 Å². The van der Waals surface area contributed by atoms with Crippen LogP contribution in [0.4, 0.5) is 0 Å². The predicted molar refractivity (Wildman–Crippen MR) is 111 cm³/mol. The molecule has 2 fully saturated rings. The van der Waals surface area contributed by atoms with E-state index >= 15 is 0 Å². The molecule has 0 aromatic carbocycles. The lowest BCUT2D eigenvalue weighted by atomic mass is 9.72. The lowest BCUT2D eigenvalue weighted by Crippen LogP contribution is -2.57. The Morgan fingerprint density at radius 3 is 2.69 bits per heavy atom. The number of rotatable bonds is 5. The Bertz CT molecular complexity index is 926. The first-order valence-electron chi connectivity index (χ1n) is 9.42. The van der Waals surface area contributed by atoms with Crippen molar-refractivity contribution in [3.63, 3.8) is 0 Å². The molecule has 164 valence electrons.